The second-order valence-corrected chi connectivity index (χ2v) is 7.04. The molecule has 1 aliphatic heterocycles. The highest BCUT2D eigenvalue weighted by Gasteiger charge is 2.24. The Bertz CT molecular complexity index is 774. The number of aromatic amines is 1. The summed E-state index contributed by atoms with van der Waals surface area (Å²) in [7, 11) is 0. The molecular weight excluding hydrogens is 314 g/mol. The van der Waals surface area contributed by atoms with Crippen molar-refractivity contribution in [3.8, 4) is 0 Å². The van der Waals surface area contributed by atoms with Crippen LogP contribution < -0.4 is 0 Å². The summed E-state index contributed by atoms with van der Waals surface area (Å²) in [4.78, 5) is 21.5. The van der Waals surface area contributed by atoms with Crippen molar-refractivity contribution in [3.05, 3.63) is 35.1 Å². The van der Waals surface area contributed by atoms with Gasteiger partial charge in [0.1, 0.15) is 5.60 Å². The normalized spacial score (nSPS) is 15.7. The number of ether oxygens (including phenoxy) is 1. The number of carbonyl (C=O) groups is 1. The quantitative estimate of drug-likeness (QED) is 0.849. The largest absolute Gasteiger partial charge is 0.444 e. The number of rotatable bonds is 1. The standard InChI is InChI=1S/C17H20ClN3O2/c1-17(2,3)23-16(22)21-8-5-11(6-9-21)14-10-12(18)15-13(20-14)4-7-19-15/h4-5,7,10,19H,6,8-9H2,1-3H3. The molecule has 0 fully saturated rings. The number of nitrogens with one attached hydrogen (secondary N) is 1. The predicted molar refractivity (Wildman–Crippen MR) is 91.5 cm³/mol. The first-order valence-electron chi connectivity index (χ1n) is 7.64. The average Bonchev–Trinajstić information content (AvgIpc) is 2.94. The number of hydrogen-bond acceptors (Lipinski definition) is 3. The highest BCUT2D eigenvalue weighted by molar-refractivity contribution is 6.35. The minimum absolute atomic E-state index is 0.278. The Balaban J connectivity index is 1.76. The monoisotopic (exact) mass is 333 g/mol. The summed E-state index contributed by atoms with van der Waals surface area (Å²) in [6.45, 7) is 6.75. The smallest absolute Gasteiger partial charge is 0.410 e. The lowest BCUT2D eigenvalue weighted by Crippen LogP contribution is -2.39. The van der Waals surface area contributed by atoms with Gasteiger partial charge < -0.3 is 14.6 Å². The highest BCUT2D eigenvalue weighted by atomic mass is 35.5. The second kappa shape index (κ2) is 5.89. The molecule has 3 rings (SSSR count). The van der Waals surface area contributed by atoms with Crippen LogP contribution in [0, 0.1) is 0 Å². The molecule has 1 aliphatic rings. The summed E-state index contributed by atoms with van der Waals surface area (Å²) in [5, 5.41) is 0.658. The molecular formula is C17H20ClN3O2. The number of aromatic nitrogens is 2. The van der Waals surface area contributed by atoms with Crippen molar-refractivity contribution in [2.75, 3.05) is 13.1 Å². The summed E-state index contributed by atoms with van der Waals surface area (Å²) in [5.41, 5.74) is 3.20. The zero-order valence-electron chi connectivity index (χ0n) is 13.5. The van der Waals surface area contributed by atoms with Gasteiger partial charge in [0.25, 0.3) is 0 Å². The van der Waals surface area contributed by atoms with E-state index in [0.29, 0.717) is 18.1 Å². The Hall–Kier alpha value is -2.01. The van der Waals surface area contributed by atoms with E-state index in [1.807, 2.05) is 45.2 Å². The molecule has 3 heterocycles. The SMILES string of the molecule is CC(C)(C)OC(=O)N1CC=C(c2cc(Cl)c3[nH]ccc3n2)CC1. The predicted octanol–water partition coefficient (Wildman–Crippen LogP) is 4.24. The summed E-state index contributed by atoms with van der Waals surface area (Å²) in [6.07, 6.45) is 4.30. The van der Waals surface area contributed by atoms with Crippen LogP contribution in [-0.2, 0) is 4.74 Å². The van der Waals surface area contributed by atoms with Crippen LogP contribution in [0.2, 0.25) is 5.02 Å². The molecule has 0 unspecified atom stereocenters. The van der Waals surface area contributed by atoms with Gasteiger partial charge in [0.2, 0.25) is 0 Å². The van der Waals surface area contributed by atoms with E-state index >= 15 is 0 Å². The Labute approximate surface area is 140 Å². The van der Waals surface area contributed by atoms with Crippen molar-refractivity contribution >= 4 is 34.3 Å². The lowest BCUT2D eigenvalue weighted by molar-refractivity contribution is 0.0270. The van der Waals surface area contributed by atoms with Crippen LogP contribution in [0.3, 0.4) is 0 Å². The molecule has 0 spiro atoms. The molecule has 0 bridgehead atoms. The maximum Gasteiger partial charge on any atom is 0.410 e. The molecule has 2 aromatic heterocycles. The van der Waals surface area contributed by atoms with Gasteiger partial charge in [0, 0.05) is 19.3 Å². The van der Waals surface area contributed by atoms with Crippen molar-refractivity contribution in [1.29, 1.82) is 0 Å². The van der Waals surface area contributed by atoms with Crippen LogP contribution in [0.1, 0.15) is 32.9 Å². The number of pyridine rings is 1. The first-order valence-corrected chi connectivity index (χ1v) is 8.02. The van der Waals surface area contributed by atoms with Crippen molar-refractivity contribution in [2.45, 2.75) is 32.8 Å². The minimum Gasteiger partial charge on any atom is -0.444 e. The van der Waals surface area contributed by atoms with Gasteiger partial charge in [-0.3, -0.25) is 0 Å². The summed E-state index contributed by atoms with van der Waals surface area (Å²) >= 11 is 6.29. The van der Waals surface area contributed by atoms with Crippen molar-refractivity contribution < 1.29 is 9.53 Å². The van der Waals surface area contributed by atoms with E-state index in [4.69, 9.17) is 16.3 Å². The fourth-order valence-electron chi connectivity index (χ4n) is 2.56. The Morgan fingerprint density at radius 2 is 2.22 bits per heavy atom. The number of hydrogen-bond donors (Lipinski definition) is 1. The van der Waals surface area contributed by atoms with Gasteiger partial charge in [0.15, 0.2) is 0 Å². The third-order valence-corrected chi connectivity index (χ3v) is 3.96. The van der Waals surface area contributed by atoms with E-state index < -0.39 is 5.60 Å². The zero-order valence-corrected chi connectivity index (χ0v) is 14.3. The summed E-state index contributed by atoms with van der Waals surface area (Å²) < 4.78 is 5.40. The van der Waals surface area contributed by atoms with Crippen LogP contribution in [0.5, 0.6) is 0 Å². The van der Waals surface area contributed by atoms with Crippen molar-refractivity contribution in [2.24, 2.45) is 0 Å². The van der Waals surface area contributed by atoms with Gasteiger partial charge in [-0.2, -0.15) is 0 Å². The molecule has 6 heteroatoms. The van der Waals surface area contributed by atoms with Crippen molar-refractivity contribution in [3.63, 3.8) is 0 Å². The van der Waals surface area contributed by atoms with Crippen LogP contribution in [-0.4, -0.2) is 39.7 Å². The third kappa shape index (κ3) is 3.50. The van der Waals surface area contributed by atoms with Gasteiger partial charge in [-0.05, 0) is 44.9 Å². The Morgan fingerprint density at radius 1 is 1.43 bits per heavy atom. The molecule has 1 amide bonds. The first-order chi connectivity index (χ1) is 10.8. The van der Waals surface area contributed by atoms with Gasteiger partial charge in [-0.25, -0.2) is 9.78 Å². The van der Waals surface area contributed by atoms with E-state index in [9.17, 15) is 4.79 Å². The van der Waals surface area contributed by atoms with Gasteiger partial charge >= 0.3 is 6.09 Å². The minimum atomic E-state index is -0.477. The summed E-state index contributed by atoms with van der Waals surface area (Å²) in [5.74, 6) is 0. The molecule has 2 aromatic rings. The fraction of sp³-hybridized carbons (Fsp3) is 0.412. The summed E-state index contributed by atoms with van der Waals surface area (Å²) in [6, 6.07) is 3.77. The molecule has 0 aliphatic carbocycles. The van der Waals surface area contributed by atoms with Crippen LogP contribution in [0.4, 0.5) is 4.79 Å². The fourth-order valence-corrected chi connectivity index (χ4v) is 2.81. The molecule has 23 heavy (non-hydrogen) atoms. The maximum atomic E-state index is 12.1. The van der Waals surface area contributed by atoms with Gasteiger partial charge in [0.05, 0.1) is 21.7 Å². The van der Waals surface area contributed by atoms with Gasteiger partial charge in [-0.15, -0.1) is 0 Å². The molecule has 0 saturated heterocycles. The lowest BCUT2D eigenvalue weighted by atomic mass is 10.0. The zero-order chi connectivity index (χ0) is 16.6. The molecule has 0 atom stereocenters. The number of nitrogens with zero attached hydrogens (tertiary/aromatic N) is 2. The Morgan fingerprint density at radius 3 is 2.87 bits per heavy atom. The van der Waals surface area contributed by atoms with Crippen LogP contribution >= 0.6 is 11.6 Å². The number of carbonyl (C=O) groups excluding carboxylic acids is 1. The van der Waals surface area contributed by atoms with E-state index in [2.05, 4.69) is 9.97 Å². The number of amides is 1. The maximum absolute atomic E-state index is 12.1. The number of H-pyrrole nitrogens is 1. The van der Waals surface area contributed by atoms with E-state index in [1.54, 1.807) is 4.90 Å². The lowest BCUT2D eigenvalue weighted by Gasteiger charge is -2.29. The van der Waals surface area contributed by atoms with E-state index in [1.165, 1.54) is 0 Å². The van der Waals surface area contributed by atoms with Crippen LogP contribution in [0.25, 0.3) is 16.6 Å². The first kappa shape index (κ1) is 15.9. The molecule has 5 nitrogen and oxygen atoms in total. The molecule has 1 N–H and O–H groups in total. The molecule has 0 aromatic carbocycles. The topological polar surface area (TPSA) is 58.2 Å². The molecule has 122 valence electrons. The second-order valence-electron chi connectivity index (χ2n) is 6.63. The van der Waals surface area contributed by atoms with Crippen molar-refractivity contribution in [1.82, 2.24) is 14.9 Å². The number of halogens is 1. The average molecular weight is 334 g/mol. The molecule has 0 saturated carbocycles. The van der Waals surface area contributed by atoms with Crippen LogP contribution in [0.15, 0.2) is 24.4 Å². The third-order valence-electron chi connectivity index (χ3n) is 3.66. The van der Waals surface area contributed by atoms with Gasteiger partial charge in [-0.1, -0.05) is 17.7 Å². The Kier molecular flexibility index (Phi) is 4.06. The molecule has 0 radical (unpaired) electrons. The highest BCUT2D eigenvalue weighted by Crippen LogP contribution is 2.28. The number of fused-ring (bicyclic) bond motifs is 1. The van der Waals surface area contributed by atoms with E-state index in [0.717, 1.165) is 28.7 Å². The van der Waals surface area contributed by atoms with E-state index in [-0.39, 0.29) is 6.09 Å².